The SMILES string of the molecule is CC1CN(c2ccc(N(C=O)CCN(C)C)c(F)c2)C(=O)O1. The largest absolute Gasteiger partial charge is 0.444 e. The third-order valence-electron chi connectivity index (χ3n) is 3.43. The lowest BCUT2D eigenvalue weighted by atomic mass is 10.2. The highest BCUT2D eigenvalue weighted by atomic mass is 19.1. The van der Waals surface area contributed by atoms with E-state index in [-0.39, 0.29) is 11.8 Å². The number of carbonyl (C=O) groups is 2. The van der Waals surface area contributed by atoms with E-state index in [1.165, 1.54) is 21.9 Å². The van der Waals surface area contributed by atoms with E-state index in [2.05, 4.69) is 0 Å². The Morgan fingerprint density at radius 3 is 2.64 bits per heavy atom. The molecule has 1 aromatic carbocycles. The van der Waals surface area contributed by atoms with Crippen molar-refractivity contribution < 1.29 is 18.7 Å². The molecule has 1 saturated heterocycles. The standard InChI is InChI=1S/C15H20FN3O3/c1-11-9-19(15(21)22-11)12-4-5-14(13(16)8-12)18(10-20)7-6-17(2)3/h4-5,8,10-11H,6-7,9H2,1-3H3. The molecule has 1 fully saturated rings. The van der Waals surface area contributed by atoms with Crippen LogP contribution in [0.4, 0.5) is 20.6 Å². The second-order valence-electron chi connectivity index (χ2n) is 5.54. The van der Waals surface area contributed by atoms with Gasteiger partial charge in [0, 0.05) is 13.1 Å². The maximum atomic E-state index is 14.3. The van der Waals surface area contributed by atoms with E-state index >= 15 is 0 Å². The first-order chi connectivity index (χ1) is 10.4. The molecule has 0 saturated carbocycles. The summed E-state index contributed by atoms with van der Waals surface area (Å²) >= 11 is 0. The highest BCUT2D eigenvalue weighted by Gasteiger charge is 2.30. The molecule has 0 aromatic heterocycles. The van der Waals surface area contributed by atoms with Gasteiger partial charge in [0.25, 0.3) is 0 Å². The van der Waals surface area contributed by atoms with Gasteiger partial charge in [-0.05, 0) is 39.2 Å². The lowest BCUT2D eigenvalue weighted by molar-refractivity contribution is -0.107. The summed E-state index contributed by atoms with van der Waals surface area (Å²) in [5.74, 6) is -0.546. The highest BCUT2D eigenvalue weighted by Crippen LogP contribution is 2.27. The Labute approximate surface area is 129 Å². The number of rotatable bonds is 6. The maximum absolute atomic E-state index is 14.3. The fraction of sp³-hybridized carbons (Fsp3) is 0.467. The number of amides is 2. The molecule has 22 heavy (non-hydrogen) atoms. The Kier molecular flexibility index (Phi) is 4.97. The van der Waals surface area contributed by atoms with Gasteiger partial charge in [-0.3, -0.25) is 9.69 Å². The van der Waals surface area contributed by atoms with Gasteiger partial charge >= 0.3 is 6.09 Å². The summed E-state index contributed by atoms with van der Waals surface area (Å²) < 4.78 is 19.3. The summed E-state index contributed by atoms with van der Waals surface area (Å²) in [5.41, 5.74) is 0.621. The van der Waals surface area contributed by atoms with Crippen molar-refractivity contribution in [1.29, 1.82) is 0 Å². The maximum Gasteiger partial charge on any atom is 0.414 e. The Hall–Kier alpha value is -2.15. The highest BCUT2D eigenvalue weighted by molar-refractivity contribution is 5.90. The van der Waals surface area contributed by atoms with E-state index in [9.17, 15) is 14.0 Å². The van der Waals surface area contributed by atoms with E-state index in [1.807, 2.05) is 19.0 Å². The van der Waals surface area contributed by atoms with Crippen LogP contribution in [0.25, 0.3) is 0 Å². The number of hydrogen-bond donors (Lipinski definition) is 0. The van der Waals surface area contributed by atoms with Crippen molar-refractivity contribution in [2.45, 2.75) is 13.0 Å². The van der Waals surface area contributed by atoms with Gasteiger partial charge in [-0.2, -0.15) is 0 Å². The second-order valence-corrected chi connectivity index (χ2v) is 5.54. The average Bonchev–Trinajstić information content (AvgIpc) is 2.79. The molecular formula is C15H20FN3O3. The van der Waals surface area contributed by atoms with Crippen LogP contribution < -0.4 is 9.80 Å². The number of hydrogen-bond acceptors (Lipinski definition) is 4. The van der Waals surface area contributed by atoms with Crippen LogP contribution in [0.3, 0.4) is 0 Å². The summed E-state index contributed by atoms with van der Waals surface area (Å²) in [6.45, 7) is 3.17. The quantitative estimate of drug-likeness (QED) is 0.751. The minimum atomic E-state index is -0.546. The number of likely N-dealkylation sites (N-methyl/N-ethyl adjacent to an activating group) is 1. The number of nitrogens with zero attached hydrogens (tertiary/aromatic N) is 3. The van der Waals surface area contributed by atoms with Crippen LogP contribution in [-0.4, -0.2) is 57.2 Å². The van der Waals surface area contributed by atoms with E-state index in [0.717, 1.165) is 0 Å². The van der Waals surface area contributed by atoms with Crippen LogP contribution in [0.2, 0.25) is 0 Å². The van der Waals surface area contributed by atoms with Gasteiger partial charge in [0.2, 0.25) is 6.41 Å². The zero-order valence-corrected chi connectivity index (χ0v) is 13.0. The van der Waals surface area contributed by atoms with Crippen molar-refractivity contribution in [3.63, 3.8) is 0 Å². The molecule has 0 aliphatic carbocycles. The van der Waals surface area contributed by atoms with Gasteiger partial charge in [0.1, 0.15) is 11.9 Å². The molecule has 0 radical (unpaired) electrons. The minimum absolute atomic E-state index is 0.196. The molecule has 0 bridgehead atoms. The molecule has 6 nitrogen and oxygen atoms in total. The van der Waals surface area contributed by atoms with Crippen LogP contribution in [0.1, 0.15) is 6.92 Å². The van der Waals surface area contributed by atoms with Crippen molar-refractivity contribution in [3.8, 4) is 0 Å². The Morgan fingerprint density at radius 2 is 2.14 bits per heavy atom. The van der Waals surface area contributed by atoms with Crippen LogP contribution in [0.5, 0.6) is 0 Å². The zero-order chi connectivity index (χ0) is 16.3. The molecule has 2 amide bonds. The summed E-state index contributed by atoms with van der Waals surface area (Å²) in [4.78, 5) is 27.4. The van der Waals surface area contributed by atoms with Crippen molar-refractivity contribution in [2.75, 3.05) is 43.5 Å². The number of carbonyl (C=O) groups excluding carboxylic acids is 2. The topological polar surface area (TPSA) is 53.1 Å². The lowest BCUT2D eigenvalue weighted by Gasteiger charge is -2.21. The lowest BCUT2D eigenvalue weighted by Crippen LogP contribution is -2.31. The second kappa shape index (κ2) is 6.74. The van der Waals surface area contributed by atoms with Crippen LogP contribution in [0.15, 0.2) is 18.2 Å². The molecular weight excluding hydrogens is 289 g/mol. The average molecular weight is 309 g/mol. The van der Waals surface area contributed by atoms with E-state index < -0.39 is 11.9 Å². The summed E-state index contributed by atoms with van der Waals surface area (Å²) in [7, 11) is 3.76. The molecule has 2 rings (SSSR count). The number of cyclic esters (lactones) is 1. The first-order valence-corrected chi connectivity index (χ1v) is 7.06. The number of halogens is 1. The minimum Gasteiger partial charge on any atom is -0.444 e. The first-order valence-electron chi connectivity index (χ1n) is 7.06. The van der Waals surface area contributed by atoms with Crippen molar-refractivity contribution in [2.24, 2.45) is 0 Å². The Balaban J connectivity index is 2.18. The number of anilines is 2. The Morgan fingerprint density at radius 1 is 1.41 bits per heavy atom. The molecule has 0 N–H and O–H groups in total. The summed E-state index contributed by atoms with van der Waals surface area (Å²) in [6.07, 6.45) is -0.102. The van der Waals surface area contributed by atoms with Gasteiger partial charge < -0.3 is 14.5 Å². The van der Waals surface area contributed by atoms with E-state index in [1.54, 1.807) is 13.0 Å². The molecule has 7 heteroatoms. The van der Waals surface area contributed by atoms with Gasteiger partial charge in [-0.25, -0.2) is 9.18 Å². The molecule has 0 spiro atoms. The predicted molar refractivity (Wildman–Crippen MR) is 81.7 cm³/mol. The molecule has 1 aliphatic heterocycles. The number of ether oxygens (including phenoxy) is 1. The Bertz CT molecular complexity index is 565. The molecule has 1 unspecified atom stereocenters. The third kappa shape index (κ3) is 3.54. The molecule has 1 aromatic rings. The van der Waals surface area contributed by atoms with Crippen LogP contribution >= 0.6 is 0 Å². The first kappa shape index (κ1) is 16.2. The van der Waals surface area contributed by atoms with Crippen LogP contribution in [0, 0.1) is 5.82 Å². The normalized spacial score (nSPS) is 17.8. The summed E-state index contributed by atoms with van der Waals surface area (Å²) in [5, 5.41) is 0. The van der Waals surface area contributed by atoms with Crippen molar-refractivity contribution in [1.82, 2.24) is 4.90 Å². The van der Waals surface area contributed by atoms with E-state index in [0.29, 0.717) is 31.7 Å². The van der Waals surface area contributed by atoms with Gasteiger partial charge in [-0.15, -0.1) is 0 Å². The fourth-order valence-electron chi connectivity index (χ4n) is 2.25. The fourth-order valence-corrected chi connectivity index (χ4v) is 2.25. The van der Waals surface area contributed by atoms with Crippen molar-refractivity contribution >= 4 is 23.9 Å². The smallest absolute Gasteiger partial charge is 0.414 e. The molecule has 1 aliphatic rings. The van der Waals surface area contributed by atoms with Gasteiger partial charge in [0.15, 0.2) is 0 Å². The van der Waals surface area contributed by atoms with Crippen molar-refractivity contribution in [3.05, 3.63) is 24.0 Å². The van der Waals surface area contributed by atoms with Gasteiger partial charge in [0.05, 0.1) is 17.9 Å². The monoisotopic (exact) mass is 309 g/mol. The van der Waals surface area contributed by atoms with Gasteiger partial charge in [-0.1, -0.05) is 0 Å². The zero-order valence-electron chi connectivity index (χ0n) is 13.0. The third-order valence-corrected chi connectivity index (χ3v) is 3.43. The molecule has 1 heterocycles. The predicted octanol–water partition coefficient (Wildman–Crippen LogP) is 1.70. The summed E-state index contributed by atoms with van der Waals surface area (Å²) in [6, 6.07) is 4.37. The van der Waals surface area contributed by atoms with Crippen LogP contribution in [-0.2, 0) is 9.53 Å². The van der Waals surface area contributed by atoms with E-state index in [4.69, 9.17) is 4.74 Å². The number of benzene rings is 1. The molecule has 1 atom stereocenters. The molecule has 120 valence electrons.